The number of carbonyl (C=O) groups is 2. The van der Waals surface area contributed by atoms with E-state index in [4.69, 9.17) is 11.6 Å². The Kier molecular flexibility index (Phi) is 6.56. The molecule has 2 rings (SSSR count). The van der Waals surface area contributed by atoms with E-state index < -0.39 is 17.8 Å². The van der Waals surface area contributed by atoms with Gasteiger partial charge in [-0.15, -0.1) is 0 Å². The standard InChI is InChI=1S/C18H17BrClFN2O2/c1-10(2)16(23-17(24)11-3-5-12(19)6-4-11)18(25)22-15-8-7-13(20)9-14(15)21/h3-10,16H,1-2H3,(H,22,25)(H,23,24). The van der Waals surface area contributed by atoms with Gasteiger partial charge in [-0.3, -0.25) is 9.59 Å². The Labute approximate surface area is 158 Å². The summed E-state index contributed by atoms with van der Waals surface area (Å²) in [6, 6.07) is 9.92. The summed E-state index contributed by atoms with van der Waals surface area (Å²) in [6.07, 6.45) is 0. The molecular formula is C18H17BrClFN2O2. The van der Waals surface area contributed by atoms with Crippen LogP contribution in [0, 0.1) is 11.7 Å². The predicted molar refractivity (Wildman–Crippen MR) is 100 cm³/mol. The lowest BCUT2D eigenvalue weighted by Gasteiger charge is -2.22. The molecule has 0 saturated carbocycles. The first kappa shape index (κ1) is 19.4. The average Bonchev–Trinajstić information content (AvgIpc) is 2.55. The van der Waals surface area contributed by atoms with Crippen molar-refractivity contribution in [1.82, 2.24) is 5.32 Å². The molecule has 7 heteroatoms. The number of hydrogen-bond acceptors (Lipinski definition) is 2. The van der Waals surface area contributed by atoms with Crippen molar-refractivity contribution in [2.24, 2.45) is 5.92 Å². The summed E-state index contributed by atoms with van der Waals surface area (Å²) in [7, 11) is 0. The van der Waals surface area contributed by atoms with Gasteiger partial charge < -0.3 is 10.6 Å². The number of halogens is 3. The number of rotatable bonds is 5. The van der Waals surface area contributed by atoms with E-state index in [-0.39, 0.29) is 22.5 Å². The molecule has 0 aromatic heterocycles. The Morgan fingerprint density at radius 1 is 1.12 bits per heavy atom. The van der Waals surface area contributed by atoms with Crippen LogP contribution in [0.2, 0.25) is 5.02 Å². The SMILES string of the molecule is CC(C)C(NC(=O)c1ccc(Br)cc1)C(=O)Nc1ccc(Cl)cc1F. The molecule has 2 amide bonds. The van der Waals surface area contributed by atoms with E-state index in [9.17, 15) is 14.0 Å². The first-order valence-corrected chi connectivity index (χ1v) is 8.77. The van der Waals surface area contributed by atoms with Crippen molar-refractivity contribution in [2.75, 3.05) is 5.32 Å². The highest BCUT2D eigenvalue weighted by molar-refractivity contribution is 9.10. The summed E-state index contributed by atoms with van der Waals surface area (Å²) in [4.78, 5) is 24.8. The molecule has 0 spiro atoms. The molecule has 4 nitrogen and oxygen atoms in total. The van der Waals surface area contributed by atoms with Crippen LogP contribution in [0.1, 0.15) is 24.2 Å². The quantitative estimate of drug-likeness (QED) is 0.730. The van der Waals surface area contributed by atoms with Crippen LogP contribution in [0.5, 0.6) is 0 Å². The molecule has 132 valence electrons. The topological polar surface area (TPSA) is 58.2 Å². The van der Waals surface area contributed by atoms with E-state index in [0.29, 0.717) is 5.56 Å². The lowest BCUT2D eigenvalue weighted by molar-refractivity contribution is -0.118. The highest BCUT2D eigenvalue weighted by Gasteiger charge is 2.25. The van der Waals surface area contributed by atoms with Crippen LogP contribution in [-0.2, 0) is 4.79 Å². The summed E-state index contributed by atoms with van der Waals surface area (Å²) in [5.74, 6) is -1.70. The molecule has 25 heavy (non-hydrogen) atoms. The summed E-state index contributed by atoms with van der Waals surface area (Å²) in [5, 5.41) is 5.41. The van der Waals surface area contributed by atoms with Crippen LogP contribution in [0.4, 0.5) is 10.1 Å². The Bertz CT molecular complexity index is 781. The van der Waals surface area contributed by atoms with E-state index in [1.165, 1.54) is 12.1 Å². The van der Waals surface area contributed by atoms with E-state index in [1.807, 2.05) is 0 Å². The van der Waals surface area contributed by atoms with Crippen LogP contribution < -0.4 is 10.6 Å². The van der Waals surface area contributed by atoms with E-state index in [2.05, 4.69) is 26.6 Å². The van der Waals surface area contributed by atoms with Gasteiger partial charge in [0.1, 0.15) is 11.9 Å². The highest BCUT2D eigenvalue weighted by atomic mass is 79.9. The van der Waals surface area contributed by atoms with Crippen LogP contribution in [0.25, 0.3) is 0 Å². The summed E-state index contributed by atoms with van der Waals surface area (Å²) in [5.41, 5.74) is 0.442. The third-order valence-corrected chi connectivity index (χ3v) is 4.29. The van der Waals surface area contributed by atoms with Gasteiger partial charge in [0.25, 0.3) is 5.91 Å². The normalized spacial score (nSPS) is 11.9. The molecule has 0 heterocycles. The smallest absolute Gasteiger partial charge is 0.251 e. The van der Waals surface area contributed by atoms with Crippen molar-refractivity contribution in [2.45, 2.75) is 19.9 Å². The van der Waals surface area contributed by atoms with Crippen molar-refractivity contribution in [3.8, 4) is 0 Å². The summed E-state index contributed by atoms with van der Waals surface area (Å²) in [6.45, 7) is 3.59. The fourth-order valence-corrected chi connectivity index (χ4v) is 2.59. The molecule has 2 aromatic rings. The van der Waals surface area contributed by atoms with E-state index >= 15 is 0 Å². The second kappa shape index (κ2) is 8.45. The predicted octanol–water partition coefficient (Wildman–Crippen LogP) is 4.63. The van der Waals surface area contributed by atoms with Crippen molar-refractivity contribution in [3.05, 3.63) is 63.3 Å². The Balaban J connectivity index is 2.12. The molecule has 1 atom stereocenters. The first-order valence-electron chi connectivity index (χ1n) is 7.60. The number of amides is 2. The van der Waals surface area contributed by atoms with Gasteiger partial charge in [0.05, 0.1) is 5.69 Å². The van der Waals surface area contributed by atoms with Crippen molar-refractivity contribution in [1.29, 1.82) is 0 Å². The highest BCUT2D eigenvalue weighted by Crippen LogP contribution is 2.20. The maximum atomic E-state index is 13.8. The minimum Gasteiger partial charge on any atom is -0.340 e. The first-order chi connectivity index (χ1) is 11.8. The molecule has 0 radical (unpaired) electrons. The summed E-state index contributed by atoms with van der Waals surface area (Å²) >= 11 is 9.00. The molecule has 0 aliphatic heterocycles. The van der Waals surface area contributed by atoms with Crippen molar-refractivity contribution >= 4 is 45.0 Å². The lowest BCUT2D eigenvalue weighted by atomic mass is 10.0. The molecular weight excluding hydrogens is 411 g/mol. The van der Waals surface area contributed by atoms with Crippen molar-refractivity contribution < 1.29 is 14.0 Å². The lowest BCUT2D eigenvalue weighted by Crippen LogP contribution is -2.47. The zero-order chi connectivity index (χ0) is 18.6. The van der Waals surface area contributed by atoms with Crippen LogP contribution in [-0.4, -0.2) is 17.9 Å². The average molecular weight is 428 g/mol. The third kappa shape index (κ3) is 5.28. The van der Waals surface area contributed by atoms with Crippen molar-refractivity contribution in [3.63, 3.8) is 0 Å². The Morgan fingerprint density at radius 3 is 2.32 bits per heavy atom. The number of nitrogens with one attached hydrogen (secondary N) is 2. The number of benzene rings is 2. The van der Waals surface area contributed by atoms with Gasteiger partial charge in [-0.1, -0.05) is 41.4 Å². The van der Waals surface area contributed by atoms with Crippen LogP contribution in [0.3, 0.4) is 0 Å². The molecule has 0 bridgehead atoms. The maximum Gasteiger partial charge on any atom is 0.251 e. The molecule has 2 N–H and O–H groups in total. The van der Waals surface area contributed by atoms with Gasteiger partial charge in [0.15, 0.2) is 0 Å². The number of hydrogen-bond donors (Lipinski definition) is 2. The van der Waals surface area contributed by atoms with Gasteiger partial charge in [0, 0.05) is 15.1 Å². The van der Waals surface area contributed by atoms with Gasteiger partial charge in [-0.25, -0.2) is 4.39 Å². The van der Waals surface area contributed by atoms with Gasteiger partial charge >= 0.3 is 0 Å². The Morgan fingerprint density at radius 2 is 1.76 bits per heavy atom. The monoisotopic (exact) mass is 426 g/mol. The maximum absolute atomic E-state index is 13.8. The minimum atomic E-state index is -0.814. The largest absolute Gasteiger partial charge is 0.340 e. The molecule has 0 aliphatic rings. The fraction of sp³-hybridized carbons (Fsp3) is 0.222. The van der Waals surface area contributed by atoms with Gasteiger partial charge in [-0.05, 0) is 48.4 Å². The second-order valence-electron chi connectivity index (χ2n) is 5.82. The number of carbonyl (C=O) groups excluding carboxylic acids is 2. The molecule has 1 unspecified atom stereocenters. The molecule has 0 fully saturated rings. The minimum absolute atomic E-state index is 0.0120. The van der Waals surface area contributed by atoms with Crippen LogP contribution in [0.15, 0.2) is 46.9 Å². The van der Waals surface area contributed by atoms with E-state index in [0.717, 1.165) is 10.5 Å². The second-order valence-corrected chi connectivity index (χ2v) is 7.17. The van der Waals surface area contributed by atoms with Crippen LogP contribution >= 0.6 is 27.5 Å². The summed E-state index contributed by atoms with van der Waals surface area (Å²) < 4.78 is 14.7. The molecule has 2 aromatic carbocycles. The number of anilines is 1. The Hall–Kier alpha value is -1.92. The third-order valence-electron chi connectivity index (χ3n) is 3.53. The van der Waals surface area contributed by atoms with E-state index in [1.54, 1.807) is 38.1 Å². The van der Waals surface area contributed by atoms with Gasteiger partial charge in [0.2, 0.25) is 5.91 Å². The molecule has 0 saturated heterocycles. The fourth-order valence-electron chi connectivity index (χ4n) is 2.16. The molecule has 0 aliphatic carbocycles. The zero-order valence-corrected chi connectivity index (χ0v) is 16.0. The van der Waals surface area contributed by atoms with Gasteiger partial charge in [-0.2, -0.15) is 0 Å². The zero-order valence-electron chi connectivity index (χ0n) is 13.6.